The minimum atomic E-state index is -0.688. The Morgan fingerprint density at radius 3 is 0.768 bits per heavy atom. The second-order valence-electron chi connectivity index (χ2n) is 35.3. The number of aliphatic imine (C=N–C) groups is 4. The fourth-order valence-corrected chi connectivity index (χ4v) is 17.0. The second kappa shape index (κ2) is 46.4. The monoisotopic (exact) mass is 2090 g/mol. The normalized spacial score (nSPS) is 15.3. The van der Waals surface area contributed by atoms with Gasteiger partial charge in [0.15, 0.2) is 0 Å². The van der Waals surface area contributed by atoms with Gasteiger partial charge in [-0.2, -0.15) is 0 Å². The van der Waals surface area contributed by atoms with Crippen LogP contribution in [0.4, 0.5) is 64.7 Å². The smallest absolute Gasteiger partial charge is 0.319 e. The molecule has 0 spiro atoms. The zero-order valence-electron chi connectivity index (χ0n) is 76.8. The molecule has 0 aromatic heterocycles. The van der Waals surface area contributed by atoms with Gasteiger partial charge in [-0.1, -0.05) is 223 Å². The highest BCUT2D eigenvalue weighted by atomic mass is 79.9. The summed E-state index contributed by atoms with van der Waals surface area (Å²) in [6.45, 7) is 19.1. The molecule has 12 aromatic rings. The van der Waals surface area contributed by atoms with Gasteiger partial charge in [0.25, 0.3) is 0 Å². The van der Waals surface area contributed by atoms with E-state index < -0.39 is 24.2 Å². The Kier molecular flexibility index (Phi) is 34.4. The van der Waals surface area contributed by atoms with Crippen LogP contribution in [0.5, 0.6) is 0 Å². The summed E-state index contributed by atoms with van der Waals surface area (Å²) in [5.41, 5.74) is 16.8. The summed E-state index contributed by atoms with van der Waals surface area (Å²) < 4.78 is 1.86. The number of benzodiazepines with no additional fused rings is 4. The maximum atomic E-state index is 13.1. The van der Waals surface area contributed by atoms with Gasteiger partial charge in [-0.3, -0.25) is 39.1 Å². The SMILES string of the molecule is CC(C)(C)NC(=O)Nc1ccc(C2=NC(Cc3ccccc3Br)C(=O)Nc3ccc(Cl)cc32)cc1.CC(C)(C)NC(=O)Nc1ccc(C2=NC(Cc3ccccc3Cl)C(=O)Nc3ccc(Cl)cc32)cc1.CC(C)NC(=O)Nc1ccc(C2=NC(Cc3ccccc3Br)C(=O)Nc3ccc(Cl)cc32)cc1.CC(C)NC(=O)Nc1ccc(C2=NC(Cc3ccccc3Cl)C(=O)Nc3ccc(Cl)cc32)cc1. The van der Waals surface area contributed by atoms with E-state index >= 15 is 0 Å². The summed E-state index contributed by atoms with van der Waals surface area (Å²) in [6.07, 6.45) is 1.58. The van der Waals surface area contributed by atoms with Gasteiger partial charge in [-0.05, 0) is 237 Å². The molecule has 0 saturated carbocycles. The third kappa shape index (κ3) is 28.6. The predicted octanol–water partition coefficient (Wildman–Crippen LogP) is 24.7. The van der Waals surface area contributed by atoms with Crippen molar-refractivity contribution in [2.24, 2.45) is 20.0 Å². The second-order valence-corrected chi connectivity index (χ2v) is 39.6. The first-order chi connectivity index (χ1) is 65.8. The number of benzene rings is 12. The number of rotatable bonds is 18. The summed E-state index contributed by atoms with van der Waals surface area (Å²) in [7, 11) is 0. The average molecular weight is 2100 g/mol. The van der Waals surface area contributed by atoms with Gasteiger partial charge in [0.1, 0.15) is 24.2 Å². The zero-order chi connectivity index (χ0) is 98.8. The zero-order valence-corrected chi connectivity index (χ0v) is 84.5. The highest BCUT2D eigenvalue weighted by Gasteiger charge is 2.33. The van der Waals surface area contributed by atoms with Gasteiger partial charge >= 0.3 is 24.1 Å². The number of urea groups is 4. The van der Waals surface area contributed by atoms with Gasteiger partial charge < -0.3 is 63.8 Å². The summed E-state index contributed by atoms with van der Waals surface area (Å²) in [6, 6.07) is 77.4. The quantitative estimate of drug-likeness (QED) is 0.0391. The van der Waals surface area contributed by atoms with Gasteiger partial charge in [0.2, 0.25) is 23.6 Å². The van der Waals surface area contributed by atoms with Crippen LogP contribution in [0.15, 0.2) is 296 Å². The molecule has 138 heavy (non-hydrogen) atoms. The van der Waals surface area contributed by atoms with Crippen LogP contribution in [0.1, 0.15) is 136 Å². The number of amides is 12. The van der Waals surface area contributed by atoms with E-state index in [0.29, 0.717) is 124 Å². The molecule has 0 aliphatic carbocycles. The Hall–Kier alpha value is -13.0. The van der Waals surface area contributed by atoms with E-state index in [2.05, 4.69) is 95.7 Å². The Labute approximate surface area is 847 Å². The van der Waals surface area contributed by atoms with Crippen LogP contribution >= 0.6 is 101 Å². The molecule has 708 valence electrons. The van der Waals surface area contributed by atoms with Gasteiger partial charge in [0, 0.05) is 155 Å². The van der Waals surface area contributed by atoms with E-state index in [0.717, 1.165) is 75.7 Å². The number of nitrogens with one attached hydrogen (secondary N) is 12. The lowest BCUT2D eigenvalue weighted by molar-refractivity contribution is -0.118. The van der Waals surface area contributed by atoms with Crippen molar-refractivity contribution >= 4 is 218 Å². The van der Waals surface area contributed by atoms with Crippen molar-refractivity contribution in [1.29, 1.82) is 0 Å². The van der Waals surface area contributed by atoms with E-state index in [1.54, 1.807) is 109 Å². The minimum absolute atomic E-state index is 0.0287. The van der Waals surface area contributed by atoms with Crippen molar-refractivity contribution < 1.29 is 38.4 Å². The van der Waals surface area contributed by atoms with E-state index in [1.165, 1.54) is 0 Å². The number of nitrogens with zero attached hydrogens (tertiary/aromatic N) is 4. The van der Waals surface area contributed by atoms with E-state index in [-0.39, 0.29) is 70.9 Å². The maximum Gasteiger partial charge on any atom is 0.319 e. The molecule has 24 nitrogen and oxygen atoms in total. The fraction of sp³-hybridized carbons (Fsp3) is 0.208. The first kappa shape index (κ1) is 102. The molecule has 4 heterocycles. The highest BCUT2D eigenvalue weighted by molar-refractivity contribution is 9.10. The molecule has 32 heteroatoms. The van der Waals surface area contributed by atoms with Gasteiger partial charge in [-0.15, -0.1) is 0 Å². The molecule has 12 aromatic carbocycles. The molecule has 12 amide bonds. The van der Waals surface area contributed by atoms with Crippen molar-refractivity contribution in [3.05, 3.63) is 373 Å². The number of halogens is 8. The number of hydrogen-bond donors (Lipinski definition) is 12. The first-order valence-electron chi connectivity index (χ1n) is 44.2. The molecule has 16 rings (SSSR count). The summed E-state index contributed by atoms with van der Waals surface area (Å²) in [4.78, 5) is 120. The van der Waals surface area contributed by atoms with Crippen LogP contribution in [0, 0.1) is 0 Å². The third-order valence-corrected chi connectivity index (χ3v) is 24.5. The Balaban J connectivity index is 0.000000155. The van der Waals surface area contributed by atoms with Crippen LogP contribution in [-0.2, 0) is 44.9 Å². The number of carbonyl (C=O) groups is 8. The van der Waals surface area contributed by atoms with Crippen LogP contribution in [-0.4, -0.2) is 118 Å². The van der Waals surface area contributed by atoms with E-state index in [9.17, 15) is 38.4 Å². The average Bonchev–Trinajstić information content (AvgIpc) is 1.67. The standard InChI is InChI=1S/C27H26BrClN4O2.C27H26Cl2N4O2.C26H24BrClN4O2.C26H24Cl2N4O2/c1-27(2,3)33-26(35)30-19-11-8-16(9-12-19)24-20-15-18(29)10-13-22(20)32-25(34)23(31-24)14-17-6-4-5-7-21(17)28;1-27(2,3)33-26(35)30-19-11-8-16(9-12-19)24-20-15-18(28)10-13-22(20)32-25(34)23(31-24)14-17-6-4-5-7-21(17)29;1-15(2)29-26(34)30-19-10-7-16(8-11-19)24-20-14-18(28)9-12-22(20)32-25(33)23(31-24)13-17-5-3-4-6-21(17)27;1-15(2)29-26(34)30-19-10-7-16(8-11-19)24-20-14-18(27)9-12-22(20)32-25(33)23(31-24)13-17-5-3-4-6-21(17)28/h2*4-13,15,23H,14H2,1-3H3,(H,32,34)(H2,30,33,35);2*3-12,14-15,23H,13H2,1-2H3,(H,32,33)(H2,29,30,34). The molecule has 0 radical (unpaired) electrons. The van der Waals surface area contributed by atoms with Crippen molar-refractivity contribution in [2.75, 3.05) is 42.5 Å². The fourth-order valence-electron chi connectivity index (χ4n) is 15.0. The lowest BCUT2D eigenvalue weighted by Gasteiger charge is -2.20. The number of hydrogen-bond acceptors (Lipinski definition) is 12. The molecule has 0 bridgehead atoms. The van der Waals surface area contributed by atoms with E-state index in [1.807, 2.05) is 227 Å². The molecule has 4 aliphatic heterocycles. The lowest BCUT2D eigenvalue weighted by atomic mass is 10.00. The summed E-state index contributed by atoms with van der Waals surface area (Å²) in [5, 5.41) is 37.9. The summed E-state index contributed by atoms with van der Waals surface area (Å²) in [5.74, 6) is -0.808. The van der Waals surface area contributed by atoms with Crippen LogP contribution < -0.4 is 63.8 Å². The maximum absolute atomic E-state index is 13.1. The molecule has 4 unspecified atom stereocenters. The Morgan fingerprint density at radius 2 is 0.536 bits per heavy atom. The van der Waals surface area contributed by atoms with Crippen LogP contribution in [0.2, 0.25) is 30.1 Å². The number of anilines is 8. The van der Waals surface area contributed by atoms with Crippen LogP contribution in [0.3, 0.4) is 0 Å². The molecule has 4 aliphatic rings. The molecular weight excluding hydrogens is 2000 g/mol. The largest absolute Gasteiger partial charge is 0.336 e. The Morgan fingerprint density at radius 1 is 0.312 bits per heavy atom. The summed E-state index contributed by atoms with van der Waals surface area (Å²) >= 11 is 45.0. The Bertz CT molecular complexity index is 6310. The van der Waals surface area contributed by atoms with Gasteiger partial charge in [-0.25, -0.2) is 19.2 Å². The van der Waals surface area contributed by atoms with Crippen molar-refractivity contribution in [3.8, 4) is 0 Å². The van der Waals surface area contributed by atoms with E-state index in [4.69, 9.17) is 89.6 Å². The first-order valence-corrected chi connectivity index (χ1v) is 48.1. The molecular formula is C106H100Br2Cl6N16O8. The molecule has 0 fully saturated rings. The van der Waals surface area contributed by atoms with Crippen molar-refractivity contribution in [1.82, 2.24) is 21.3 Å². The van der Waals surface area contributed by atoms with Crippen molar-refractivity contribution in [2.45, 2.75) is 142 Å². The minimum Gasteiger partial charge on any atom is -0.336 e. The van der Waals surface area contributed by atoms with Crippen molar-refractivity contribution in [3.63, 3.8) is 0 Å². The number of fused-ring (bicyclic) bond motifs is 4. The molecule has 0 saturated heterocycles. The molecule has 12 N–H and O–H groups in total. The lowest BCUT2D eigenvalue weighted by Crippen LogP contribution is -2.43. The number of carbonyl (C=O) groups excluding carboxylic acids is 8. The predicted molar refractivity (Wildman–Crippen MR) is 568 cm³/mol. The molecule has 4 atom stereocenters. The van der Waals surface area contributed by atoms with Gasteiger partial charge in [0.05, 0.1) is 45.6 Å². The topological polar surface area (TPSA) is 330 Å². The third-order valence-electron chi connectivity index (χ3n) is 21.3. The highest BCUT2D eigenvalue weighted by Crippen LogP contribution is 2.37. The van der Waals surface area contributed by atoms with Crippen LogP contribution in [0.25, 0.3) is 0 Å².